The van der Waals surface area contributed by atoms with Gasteiger partial charge in [-0.25, -0.2) is 0 Å². The highest BCUT2D eigenvalue weighted by atomic mass is 79.9. The summed E-state index contributed by atoms with van der Waals surface area (Å²) < 4.78 is 6.11. The average Bonchev–Trinajstić information content (AvgIpc) is 2.26. The molecule has 1 N–H and O–H groups in total. The van der Waals surface area contributed by atoms with Gasteiger partial charge in [0.25, 0.3) is 0 Å². The maximum absolute atomic E-state index is 5.92. The number of hydrogen-bond acceptors (Lipinski definition) is 2. The average molecular weight is 307 g/mol. The van der Waals surface area contributed by atoms with Crippen LogP contribution in [-0.2, 0) is 4.74 Å². The molecule has 0 saturated carbocycles. The summed E-state index contributed by atoms with van der Waals surface area (Å²) in [6.45, 7) is 0.795. The first-order chi connectivity index (χ1) is 7.69. The van der Waals surface area contributed by atoms with Crippen LogP contribution in [0.1, 0.15) is 24.4 Å². The lowest BCUT2D eigenvalue weighted by Crippen LogP contribution is -2.17. The molecule has 0 aliphatic rings. The fraction of sp³-hybridized carbons (Fsp3) is 0.500. The third-order valence-electron chi connectivity index (χ3n) is 2.53. The van der Waals surface area contributed by atoms with E-state index in [1.54, 1.807) is 7.11 Å². The quantitative estimate of drug-likeness (QED) is 0.807. The van der Waals surface area contributed by atoms with Gasteiger partial charge in [0, 0.05) is 29.3 Å². The standard InChI is InChI=1S/C12H17BrClNO/c1-15-12(4-3-7-16-2)10-6-5-9(14)8-11(10)13/h5-6,8,12,15H,3-4,7H2,1-2H3. The fourth-order valence-electron chi connectivity index (χ4n) is 1.67. The molecule has 90 valence electrons. The Morgan fingerprint density at radius 3 is 2.81 bits per heavy atom. The van der Waals surface area contributed by atoms with Crippen LogP contribution in [0.3, 0.4) is 0 Å². The van der Waals surface area contributed by atoms with E-state index in [9.17, 15) is 0 Å². The molecule has 4 heteroatoms. The van der Waals surface area contributed by atoms with Crippen molar-refractivity contribution < 1.29 is 4.74 Å². The zero-order chi connectivity index (χ0) is 12.0. The van der Waals surface area contributed by atoms with Crippen LogP contribution < -0.4 is 5.32 Å². The van der Waals surface area contributed by atoms with Crippen molar-refractivity contribution >= 4 is 27.5 Å². The second kappa shape index (κ2) is 7.28. The van der Waals surface area contributed by atoms with Crippen LogP contribution in [0.25, 0.3) is 0 Å². The van der Waals surface area contributed by atoms with E-state index < -0.39 is 0 Å². The SMILES string of the molecule is CNC(CCCOC)c1ccc(Cl)cc1Br. The highest BCUT2D eigenvalue weighted by Gasteiger charge is 2.12. The van der Waals surface area contributed by atoms with Crippen molar-refractivity contribution in [3.63, 3.8) is 0 Å². The maximum Gasteiger partial charge on any atom is 0.0462 e. The van der Waals surface area contributed by atoms with Gasteiger partial charge in [-0.3, -0.25) is 0 Å². The predicted molar refractivity (Wildman–Crippen MR) is 72.1 cm³/mol. The van der Waals surface area contributed by atoms with Crippen LogP contribution in [0.2, 0.25) is 5.02 Å². The molecular formula is C12H17BrClNO. The van der Waals surface area contributed by atoms with E-state index in [4.69, 9.17) is 16.3 Å². The molecule has 2 nitrogen and oxygen atoms in total. The number of rotatable bonds is 6. The third kappa shape index (κ3) is 4.06. The first-order valence-electron chi connectivity index (χ1n) is 5.30. The lowest BCUT2D eigenvalue weighted by Gasteiger charge is -2.18. The second-order valence-electron chi connectivity index (χ2n) is 3.64. The number of hydrogen-bond donors (Lipinski definition) is 1. The van der Waals surface area contributed by atoms with Gasteiger partial charge in [0.2, 0.25) is 0 Å². The maximum atomic E-state index is 5.92. The summed E-state index contributed by atoms with van der Waals surface area (Å²) in [6, 6.07) is 6.24. The largest absolute Gasteiger partial charge is 0.385 e. The van der Waals surface area contributed by atoms with Gasteiger partial charge in [-0.05, 0) is 37.6 Å². The van der Waals surface area contributed by atoms with Crippen molar-refractivity contribution in [1.82, 2.24) is 5.32 Å². The molecule has 0 saturated heterocycles. The molecule has 0 radical (unpaired) electrons. The van der Waals surface area contributed by atoms with E-state index in [0.29, 0.717) is 6.04 Å². The van der Waals surface area contributed by atoms with Crippen LogP contribution >= 0.6 is 27.5 Å². The van der Waals surface area contributed by atoms with Gasteiger partial charge in [0.15, 0.2) is 0 Å². The zero-order valence-electron chi connectivity index (χ0n) is 9.59. The van der Waals surface area contributed by atoms with Gasteiger partial charge in [0.05, 0.1) is 0 Å². The molecule has 0 heterocycles. The molecule has 1 aromatic rings. The summed E-state index contributed by atoms with van der Waals surface area (Å²) in [5.41, 5.74) is 1.24. The molecule has 0 fully saturated rings. The van der Waals surface area contributed by atoms with E-state index >= 15 is 0 Å². The Balaban J connectivity index is 2.70. The van der Waals surface area contributed by atoms with Gasteiger partial charge in [-0.1, -0.05) is 33.6 Å². The van der Waals surface area contributed by atoms with E-state index in [2.05, 4.69) is 27.3 Å². The molecule has 0 aliphatic carbocycles. The summed E-state index contributed by atoms with van der Waals surface area (Å²) in [7, 11) is 3.70. The number of benzene rings is 1. The van der Waals surface area contributed by atoms with Gasteiger partial charge in [-0.15, -0.1) is 0 Å². The fourth-order valence-corrected chi connectivity index (χ4v) is 2.63. The van der Waals surface area contributed by atoms with Crippen LogP contribution in [0.15, 0.2) is 22.7 Å². The predicted octanol–water partition coefficient (Wildman–Crippen LogP) is 3.79. The minimum atomic E-state index is 0.335. The van der Waals surface area contributed by atoms with Gasteiger partial charge >= 0.3 is 0 Å². The number of nitrogens with one attached hydrogen (secondary N) is 1. The minimum Gasteiger partial charge on any atom is -0.385 e. The van der Waals surface area contributed by atoms with Crippen molar-refractivity contribution in [2.24, 2.45) is 0 Å². The Morgan fingerprint density at radius 2 is 2.25 bits per heavy atom. The van der Waals surface area contributed by atoms with E-state index in [1.165, 1.54) is 5.56 Å². The number of ether oxygens (including phenoxy) is 1. The van der Waals surface area contributed by atoms with Gasteiger partial charge in [0.1, 0.15) is 0 Å². The van der Waals surface area contributed by atoms with Gasteiger partial charge < -0.3 is 10.1 Å². The van der Waals surface area contributed by atoms with E-state index in [1.807, 2.05) is 19.2 Å². The molecule has 0 spiro atoms. The first kappa shape index (κ1) is 14.0. The van der Waals surface area contributed by atoms with Crippen molar-refractivity contribution in [3.05, 3.63) is 33.3 Å². The summed E-state index contributed by atoms with van der Waals surface area (Å²) >= 11 is 9.46. The summed E-state index contributed by atoms with van der Waals surface area (Å²) in [6.07, 6.45) is 2.08. The van der Waals surface area contributed by atoms with Crippen LogP contribution in [-0.4, -0.2) is 20.8 Å². The van der Waals surface area contributed by atoms with Crippen LogP contribution in [0.5, 0.6) is 0 Å². The summed E-state index contributed by atoms with van der Waals surface area (Å²) in [5.74, 6) is 0. The van der Waals surface area contributed by atoms with E-state index in [-0.39, 0.29) is 0 Å². The smallest absolute Gasteiger partial charge is 0.0462 e. The third-order valence-corrected chi connectivity index (χ3v) is 3.45. The molecular weight excluding hydrogens is 289 g/mol. The molecule has 1 unspecified atom stereocenters. The molecule has 1 aromatic carbocycles. The molecule has 0 bridgehead atoms. The second-order valence-corrected chi connectivity index (χ2v) is 4.93. The Morgan fingerprint density at radius 1 is 1.50 bits per heavy atom. The monoisotopic (exact) mass is 305 g/mol. The molecule has 1 atom stereocenters. The Bertz CT molecular complexity index is 333. The molecule has 1 rings (SSSR count). The van der Waals surface area contributed by atoms with Gasteiger partial charge in [-0.2, -0.15) is 0 Å². The highest BCUT2D eigenvalue weighted by Crippen LogP contribution is 2.28. The van der Waals surface area contributed by atoms with Crippen LogP contribution in [0.4, 0.5) is 0 Å². The van der Waals surface area contributed by atoms with Crippen molar-refractivity contribution in [1.29, 1.82) is 0 Å². The van der Waals surface area contributed by atoms with Crippen molar-refractivity contribution in [2.45, 2.75) is 18.9 Å². The summed E-state index contributed by atoms with van der Waals surface area (Å²) in [4.78, 5) is 0. The molecule has 0 aromatic heterocycles. The highest BCUT2D eigenvalue weighted by molar-refractivity contribution is 9.10. The molecule has 16 heavy (non-hydrogen) atoms. The first-order valence-corrected chi connectivity index (χ1v) is 6.47. The molecule has 0 amide bonds. The zero-order valence-corrected chi connectivity index (χ0v) is 11.9. The lowest BCUT2D eigenvalue weighted by atomic mass is 10.0. The number of methoxy groups -OCH3 is 1. The Kier molecular flexibility index (Phi) is 6.36. The summed E-state index contributed by atoms with van der Waals surface area (Å²) in [5, 5.41) is 4.06. The normalized spacial score (nSPS) is 12.8. The Hall–Kier alpha value is -0.0900. The van der Waals surface area contributed by atoms with Crippen LogP contribution in [0, 0.1) is 0 Å². The van der Waals surface area contributed by atoms with E-state index in [0.717, 1.165) is 28.9 Å². The topological polar surface area (TPSA) is 21.3 Å². The Labute approximate surface area is 110 Å². The minimum absolute atomic E-state index is 0.335. The molecule has 0 aliphatic heterocycles. The van der Waals surface area contributed by atoms with Crippen molar-refractivity contribution in [2.75, 3.05) is 20.8 Å². The lowest BCUT2D eigenvalue weighted by molar-refractivity contribution is 0.189. The van der Waals surface area contributed by atoms with Crippen molar-refractivity contribution in [3.8, 4) is 0 Å². The number of halogens is 2.